The molecule has 0 aliphatic heterocycles. The van der Waals surface area contributed by atoms with Crippen molar-refractivity contribution in [3.05, 3.63) is 6.20 Å². The van der Waals surface area contributed by atoms with Gasteiger partial charge in [-0.1, -0.05) is 13.3 Å². The molecule has 1 aromatic rings. The molecule has 0 aromatic carbocycles. The Hall–Kier alpha value is -1.19. The van der Waals surface area contributed by atoms with Gasteiger partial charge in [0.25, 0.3) is 0 Å². The van der Waals surface area contributed by atoms with E-state index < -0.39 is 0 Å². The number of unbranched alkanes of at least 4 members (excludes halogenated alkanes) is 1. The predicted molar refractivity (Wildman–Crippen MR) is 58.3 cm³/mol. The highest BCUT2D eigenvalue weighted by atomic mass is 15.3. The normalized spacial score (nSPS) is 15.8. The zero-order valence-corrected chi connectivity index (χ0v) is 8.66. The Morgan fingerprint density at radius 3 is 2.93 bits per heavy atom. The Morgan fingerprint density at radius 1 is 1.64 bits per heavy atom. The van der Waals surface area contributed by atoms with Gasteiger partial charge in [-0.25, -0.2) is 0 Å². The van der Waals surface area contributed by atoms with E-state index in [1.165, 1.54) is 25.7 Å². The standard InChI is InChI=1S/C10H18N4/c1-2-3-6-14(8-4-5-8)9-7-12-13-10(9)11/h7-8H,2-6H2,1H3,(H3,11,12,13). The van der Waals surface area contributed by atoms with Gasteiger partial charge in [-0.15, -0.1) is 0 Å². The molecule has 78 valence electrons. The van der Waals surface area contributed by atoms with Gasteiger partial charge in [-0.3, -0.25) is 5.10 Å². The molecule has 0 unspecified atom stereocenters. The molecule has 0 atom stereocenters. The summed E-state index contributed by atoms with van der Waals surface area (Å²) in [6, 6.07) is 0.710. The summed E-state index contributed by atoms with van der Waals surface area (Å²) in [6.07, 6.45) is 6.88. The molecule has 3 N–H and O–H groups in total. The summed E-state index contributed by atoms with van der Waals surface area (Å²) in [5.74, 6) is 0.702. The summed E-state index contributed by atoms with van der Waals surface area (Å²) in [7, 11) is 0. The Bertz CT molecular complexity index is 290. The molecule has 0 bridgehead atoms. The minimum absolute atomic E-state index is 0.702. The molecule has 4 nitrogen and oxygen atoms in total. The van der Waals surface area contributed by atoms with Gasteiger partial charge in [0.2, 0.25) is 0 Å². The van der Waals surface area contributed by atoms with Crippen molar-refractivity contribution in [2.24, 2.45) is 0 Å². The number of hydrogen-bond acceptors (Lipinski definition) is 3. The van der Waals surface area contributed by atoms with Crippen LogP contribution in [-0.2, 0) is 0 Å². The molecular formula is C10H18N4. The lowest BCUT2D eigenvalue weighted by atomic mass is 10.3. The third-order valence-corrected chi connectivity index (χ3v) is 2.70. The first-order valence-electron chi connectivity index (χ1n) is 5.38. The maximum Gasteiger partial charge on any atom is 0.142 e. The number of aromatic nitrogens is 2. The average molecular weight is 194 g/mol. The van der Waals surface area contributed by atoms with Crippen molar-refractivity contribution in [2.45, 2.75) is 38.6 Å². The Labute approximate surface area is 84.5 Å². The van der Waals surface area contributed by atoms with Gasteiger partial charge < -0.3 is 10.6 Å². The summed E-state index contributed by atoms with van der Waals surface area (Å²) in [5.41, 5.74) is 6.90. The molecule has 1 aliphatic rings. The molecule has 0 amide bonds. The van der Waals surface area contributed by atoms with E-state index in [0.717, 1.165) is 12.2 Å². The van der Waals surface area contributed by atoms with Crippen molar-refractivity contribution in [3.63, 3.8) is 0 Å². The van der Waals surface area contributed by atoms with Crippen molar-refractivity contribution >= 4 is 11.5 Å². The molecule has 14 heavy (non-hydrogen) atoms. The maximum atomic E-state index is 5.82. The summed E-state index contributed by atoms with van der Waals surface area (Å²) < 4.78 is 0. The smallest absolute Gasteiger partial charge is 0.142 e. The lowest BCUT2D eigenvalue weighted by Crippen LogP contribution is -2.27. The molecule has 0 spiro atoms. The maximum absolute atomic E-state index is 5.82. The quantitative estimate of drug-likeness (QED) is 0.751. The van der Waals surface area contributed by atoms with E-state index in [0.29, 0.717) is 11.9 Å². The number of anilines is 2. The third kappa shape index (κ3) is 1.84. The van der Waals surface area contributed by atoms with Crippen LogP contribution in [0.5, 0.6) is 0 Å². The summed E-state index contributed by atoms with van der Waals surface area (Å²) in [4.78, 5) is 2.39. The lowest BCUT2D eigenvalue weighted by molar-refractivity contribution is 0.714. The van der Waals surface area contributed by atoms with E-state index >= 15 is 0 Å². The Kier molecular flexibility index (Phi) is 2.61. The predicted octanol–water partition coefficient (Wildman–Crippen LogP) is 1.76. The van der Waals surface area contributed by atoms with E-state index in [1.807, 2.05) is 6.20 Å². The first-order chi connectivity index (χ1) is 6.83. The van der Waals surface area contributed by atoms with Gasteiger partial charge in [0.15, 0.2) is 0 Å². The van der Waals surface area contributed by atoms with Crippen molar-refractivity contribution in [2.75, 3.05) is 17.2 Å². The van der Waals surface area contributed by atoms with E-state index in [2.05, 4.69) is 22.0 Å². The lowest BCUT2D eigenvalue weighted by Gasteiger charge is -2.23. The highest BCUT2D eigenvalue weighted by molar-refractivity contribution is 5.63. The number of rotatable bonds is 5. The summed E-state index contributed by atoms with van der Waals surface area (Å²) in [5, 5.41) is 6.76. The third-order valence-electron chi connectivity index (χ3n) is 2.70. The van der Waals surface area contributed by atoms with Gasteiger partial charge in [-0.2, -0.15) is 5.10 Å². The molecule has 4 heteroatoms. The zero-order chi connectivity index (χ0) is 9.97. The topological polar surface area (TPSA) is 57.9 Å². The minimum atomic E-state index is 0.702. The highest BCUT2D eigenvalue weighted by Gasteiger charge is 2.30. The Balaban J connectivity index is 2.06. The summed E-state index contributed by atoms with van der Waals surface area (Å²) in [6.45, 7) is 3.31. The number of nitrogen functional groups attached to an aromatic ring is 1. The van der Waals surface area contributed by atoms with Crippen LogP contribution in [0.2, 0.25) is 0 Å². The van der Waals surface area contributed by atoms with Gasteiger partial charge >= 0.3 is 0 Å². The fourth-order valence-electron chi connectivity index (χ4n) is 1.73. The first kappa shape index (κ1) is 9.37. The van der Waals surface area contributed by atoms with Crippen molar-refractivity contribution < 1.29 is 0 Å². The van der Waals surface area contributed by atoms with E-state index in [-0.39, 0.29) is 0 Å². The number of hydrogen-bond donors (Lipinski definition) is 2. The van der Waals surface area contributed by atoms with E-state index in [9.17, 15) is 0 Å². The van der Waals surface area contributed by atoms with Gasteiger partial charge in [0.1, 0.15) is 5.82 Å². The number of H-pyrrole nitrogens is 1. The second-order valence-electron chi connectivity index (χ2n) is 3.95. The molecule has 1 saturated carbocycles. The van der Waals surface area contributed by atoms with Gasteiger partial charge in [0, 0.05) is 12.6 Å². The van der Waals surface area contributed by atoms with Crippen LogP contribution in [0.25, 0.3) is 0 Å². The number of nitrogens with zero attached hydrogens (tertiary/aromatic N) is 2. The monoisotopic (exact) mass is 194 g/mol. The largest absolute Gasteiger partial charge is 0.382 e. The van der Waals surface area contributed by atoms with E-state index in [4.69, 9.17) is 5.73 Å². The SMILES string of the molecule is CCCCN(c1cn[nH]c1N)C1CC1. The van der Waals surface area contributed by atoms with Crippen LogP contribution < -0.4 is 10.6 Å². The molecule has 2 rings (SSSR count). The minimum Gasteiger partial charge on any atom is -0.382 e. The van der Waals surface area contributed by atoms with Crippen LogP contribution in [-0.4, -0.2) is 22.8 Å². The fourth-order valence-corrected chi connectivity index (χ4v) is 1.73. The van der Waals surface area contributed by atoms with Crippen LogP contribution in [0.15, 0.2) is 6.20 Å². The molecule has 1 aliphatic carbocycles. The first-order valence-corrected chi connectivity index (χ1v) is 5.38. The molecular weight excluding hydrogens is 176 g/mol. The molecule has 1 aromatic heterocycles. The van der Waals surface area contributed by atoms with Crippen molar-refractivity contribution in [1.29, 1.82) is 0 Å². The molecule has 0 radical (unpaired) electrons. The van der Waals surface area contributed by atoms with Crippen molar-refractivity contribution in [1.82, 2.24) is 10.2 Å². The van der Waals surface area contributed by atoms with Crippen LogP contribution in [0.3, 0.4) is 0 Å². The summed E-state index contributed by atoms with van der Waals surface area (Å²) >= 11 is 0. The molecule has 0 saturated heterocycles. The Morgan fingerprint density at radius 2 is 2.43 bits per heavy atom. The van der Waals surface area contributed by atoms with E-state index in [1.54, 1.807) is 0 Å². The van der Waals surface area contributed by atoms with Gasteiger partial charge in [-0.05, 0) is 19.3 Å². The van der Waals surface area contributed by atoms with Crippen molar-refractivity contribution in [3.8, 4) is 0 Å². The average Bonchev–Trinajstić information content (AvgIpc) is 2.92. The van der Waals surface area contributed by atoms with Gasteiger partial charge in [0.05, 0.1) is 11.9 Å². The number of nitrogens with one attached hydrogen (secondary N) is 1. The zero-order valence-electron chi connectivity index (χ0n) is 8.66. The number of aromatic amines is 1. The van der Waals surface area contributed by atoms with Crippen LogP contribution in [0.4, 0.5) is 11.5 Å². The molecule has 1 heterocycles. The number of nitrogens with two attached hydrogens (primary N) is 1. The highest BCUT2D eigenvalue weighted by Crippen LogP contribution is 2.33. The molecule has 1 fully saturated rings. The second kappa shape index (κ2) is 3.90. The van der Waals surface area contributed by atoms with Crippen LogP contribution in [0, 0.1) is 0 Å². The van der Waals surface area contributed by atoms with Crippen LogP contribution >= 0.6 is 0 Å². The van der Waals surface area contributed by atoms with Crippen LogP contribution in [0.1, 0.15) is 32.6 Å². The second-order valence-corrected chi connectivity index (χ2v) is 3.95. The fraction of sp³-hybridized carbons (Fsp3) is 0.700.